The van der Waals surface area contributed by atoms with Gasteiger partial charge in [0.05, 0.1) is 9.92 Å². The maximum atomic E-state index is 11.4. The molecule has 0 unspecified atom stereocenters. The van der Waals surface area contributed by atoms with Gasteiger partial charge < -0.3 is 10.1 Å². The summed E-state index contributed by atoms with van der Waals surface area (Å²) in [7, 11) is 1.35. The van der Waals surface area contributed by atoms with Gasteiger partial charge in [-0.25, -0.2) is 8.42 Å². The SMILES string of the molecule is CCCCNC(=O)COc1ccc(S(=O)(=O)Cl)cc1Cl. The Morgan fingerprint density at radius 2 is 2.10 bits per heavy atom. The number of rotatable bonds is 7. The maximum absolute atomic E-state index is 11.4. The zero-order chi connectivity index (χ0) is 15.2. The van der Waals surface area contributed by atoms with Crippen LogP contribution >= 0.6 is 22.3 Å². The predicted molar refractivity (Wildman–Crippen MR) is 77.9 cm³/mol. The quantitative estimate of drug-likeness (QED) is 0.612. The van der Waals surface area contributed by atoms with Crippen LogP contribution in [0.1, 0.15) is 19.8 Å². The Kier molecular flexibility index (Phi) is 6.58. The van der Waals surface area contributed by atoms with E-state index in [0.717, 1.165) is 12.8 Å². The van der Waals surface area contributed by atoms with Crippen molar-refractivity contribution < 1.29 is 17.9 Å². The summed E-state index contributed by atoms with van der Waals surface area (Å²) in [6, 6.07) is 3.80. The van der Waals surface area contributed by atoms with Gasteiger partial charge in [0.15, 0.2) is 6.61 Å². The zero-order valence-corrected chi connectivity index (χ0v) is 13.2. The number of hydrogen-bond acceptors (Lipinski definition) is 4. The standard InChI is InChI=1S/C12H15Cl2NO4S/c1-2-3-6-15-12(16)8-19-11-5-4-9(7-10(11)13)20(14,17)18/h4-5,7H,2-3,6,8H2,1H3,(H,15,16). The lowest BCUT2D eigenvalue weighted by molar-refractivity contribution is -0.123. The fourth-order valence-electron chi connectivity index (χ4n) is 1.35. The number of nitrogens with one attached hydrogen (secondary N) is 1. The van der Waals surface area contributed by atoms with Crippen LogP contribution in [0.5, 0.6) is 5.75 Å². The molecule has 0 saturated heterocycles. The molecule has 0 bridgehead atoms. The van der Waals surface area contributed by atoms with E-state index < -0.39 is 9.05 Å². The van der Waals surface area contributed by atoms with Crippen molar-refractivity contribution in [1.82, 2.24) is 5.32 Å². The summed E-state index contributed by atoms with van der Waals surface area (Å²) in [6.45, 7) is 2.43. The van der Waals surface area contributed by atoms with E-state index >= 15 is 0 Å². The number of amides is 1. The van der Waals surface area contributed by atoms with E-state index in [1.54, 1.807) is 0 Å². The molecule has 1 rings (SSSR count). The van der Waals surface area contributed by atoms with E-state index in [-0.39, 0.29) is 28.2 Å². The number of unbranched alkanes of at least 4 members (excludes halogenated alkanes) is 1. The van der Waals surface area contributed by atoms with Crippen LogP contribution in [0, 0.1) is 0 Å². The Balaban J connectivity index is 2.59. The molecular formula is C12H15Cl2NO4S. The fourth-order valence-corrected chi connectivity index (χ4v) is 2.43. The van der Waals surface area contributed by atoms with Crippen LogP contribution in [-0.4, -0.2) is 27.5 Å². The van der Waals surface area contributed by atoms with Crippen LogP contribution in [0.2, 0.25) is 5.02 Å². The first-order valence-electron chi connectivity index (χ1n) is 5.98. The van der Waals surface area contributed by atoms with Crippen LogP contribution in [0.15, 0.2) is 23.1 Å². The van der Waals surface area contributed by atoms with Crippen LogP contribution in [-0.2, 0) is 13.8 Å². The highest BCUT2D eigenvalue weighted by molar-refractivity contribution is 8.13. The third kappa shape index (κ3) is 5.56. The molecule has 20 heavy (non-hydrogen) atoms. The van der Waals surface area contributed by atoms with Gasteiger partial charge in [-0.15, -0.1) is 0 Å². The van der Waals surface area contributed by atoms with Crippen molar-refractivity contribution in [3.63, 3.8) is 0 Å². The van der Waals surface area contributed by atoms with Crippen molar-refractivity contribution in [2.75, 3.05) is 13.2 Å². The number of benzene rings is 1. The molecule has 0 aliphatic heterocycles. The molecule has 0 fully saturated rings. The zero-order valence-electron chi connectivity index (χ0n) is 10.9. The normalized spacial score (nSPS) is 11.2. The molecule has 0 aromatic heterocycles. The summed E-state index contributed by atoms with van der Waals surface area (Å²) in [5.74, 6) is -0.0371. The predicted octanol–water partition coefficient (Wildman–Crippen LogP) is 2.56. The number of carbonyl (C=O) groups is 1. The second kappa shape index (κ2) is 7.71. The minimum Gasteiger partial charge on any atom is -0.482 e. The average molecular weight is 340 g/mol. The Bertz CT molecular complexity index is 575. The first kappa shape index (κ1) is 17.1. The molecule has 5 nitrogen and oxygen atoms in total. The van der Waals surface area contributed by atoms with Gasteiger partial charge in [0, 0.05) is 17.2 Å². The van der Waals surface area contributed by atoms with Gasteiger partial charge in [0.1, 0.15) is 5.75 Å². The van der Waals surface area contributed by atoms with E-state index in [1.165, 1.54) is 18.2 Å². The molecule has 0 radical (unpaired) electrons. The van der Waals surface area contributed by atoms with Gasteiger partial charge in [-0.3, -0.25) is 4.79 Å². The summed E-state index contributed by atoms with van der Waals surface area (Å²) >= 11 is 5.87. The highest BCUT2D eigenvalue weighted by atomic mass is 35.7. The first-order valence-corrected chi connectivity index (χ1v) is 8.67. The molecular weight excluding hydrogens is 325 g/mol. The molecule has 1 N–H and O–H groups in total. The van der Waals surface area contributed by atoms with Crippen molar-refractivity contribution in [3.8, 4) is 5.75 Å². The van der Waals surface area contributed by atoms with E-state index in [9.17, 15) is 13.2 Å². The summed E-state index contributed by atoms with van der Waals surface area (Å²) in [4.78, 5) is 11.3. The third-order valence-corrected chi connectivity index (χ3v) is 4.04. The van der Waals surface area contributed by atoms with E-state index in [4.69, 9.17) is 27.0 Å². The third-order valence-electron chi connectivity index (χ3n) is 2.40. The van der Waals surface area contributed by atoms with Crippen LogP contribution in [0.25, 0.3) is 0 Å². The molecule has 0 heterocycles. The smallest absolute Gasteiger partial charge is 0.261 e. The highest BCUT2D eigenvalue weighted by Crippen LogP contribution is 2.28. The molecule has 1 aromatic rings. The van der Waals surface area contributed by atoms with Gasteiger partial charge in [-0.1, -0.05) is 24.9 Å². The summed E-state index contributed by atoms with van der Waals surface area (Å²) in [5.41, 5.74) is 0. The van der Waals surface area contributed by atoms with Crippen LogP contribution < -0.4 is 10.1 Å². The lowest BCUT2D eigenvalue weighted by Gasteiger charge is -2.09. The molecule has 1 aromatic carbocycles. The number of ether oxygens (including phenoxy) is 1. The van der Waals surface area contributed by atoms with Crippen molar-refractivity contribution in [1.29, 1.82) is 0 Å². The summed E-state index contributed by atoms with van der Waals surface area (Å²) in [6.07, 6.45) is 1.89. The maximum Gasteiger partial charge on any atom is 0.261 e. The fraction of sp³-hybridized carbons (Fsp3) is 0.417. The van der Waals surface area contributed by atoms with E-state index in [1.807, 2.05) is 6.92 Å². The highest BCUT2D eigenvalue weighted by Gasteiger charge is 2.13. The minimum absolute atomic E-state index is 0.0769. The van der Waals surface area contributed by atoms with Crippen molar-refractivity contribution in [3.05, 3.63) is 23.2 Å². The number of halogens is 2. The van der Waals surface area contributed by atoms with Crippen molar-refractivity contribution in [2.24, 2.45) is 0 Å². The van der Waals surface area contributed by atoms with Gasteiger partial charge in [0.2, 0.25) is 0 Å². The molecule has 112 valence electrons. The Morgan fingerprint density at radius 3 is 2.65 bits per heavy atom. The van der Waals surface area contributed by atoms with E-state index in [0.29, 0.717) is 6.54 Å². The second-order valence-corrected chi connectivity index (χ2v) is 7.00. The average Bonchev–Trinajstić information content (AvgIpc) is 2.36. The number of carbonyl (C=O) groups excluding carboxylic acids is 1. The first-order chi connectivity index (χ1) is 9.34. The molecule has 0 aliphatic carbocycles. The molecule has 0 aliphatic rings. The Morgan fingerprint density at radius 1 is 1.40 bits per heavy atom. The molecule has 1 amide bonds. The Labute approximate surface area is 127 Å². The van der Waals surface area contributed by atoms with Gasteiger partial charge >= 0.3 is 0 Å². The largest absolute Gasteiger partial charge is 0.482 e. The monoisotopic (exact) mass is 339 g/mol. The molecule has 8 heteroatoms. The van der Waals surface area contributed by atoms with Crippen LogP contribution in [0.4, 0.5) is 0 Å². The van der Waals surface area contributed by atoms with Gasteiger partial charge in [-0.05, 0) is 24.6 Å². The van der Waals surface area contributed by atoms with E-state index in [2.05, 4.69) is 5.32 Å². The lowest BCUT2D eigenvalue weighted by Crippen LogP contribution is -2.29. The van der Waals surface area contributed by atoms with Gasteiger partial charge in [0.25, 0.3) is 15.0 Å². The second-order valence-electron chi connectivity index (χ2n) is 4.02. The van der Waals surface area contributed by atoms with Crippen molar-refractivity contribution >= 4 is 37.2 Å². The summed E-state index contributed by atoms with van der Waals surface area (Å²) in [5, 5.41) is 2.76. The van der Waals surface area contributed by atoms with Crippen LogP contribution in [0.3, 0.4) is 0 Å². The number of hydrogen-bond donors (Lipinski definition) is 1. The molecule has 0 atom stereocenters. The summed E-state index contributed by atoms with van der Waals surface area (Å²) < 4.78 is 27.4. The molecule has 0 saturated carbocycles. The minimum atomic E-state index is -3.84. The Hall–Kier alpha value is -0.980. The topological polar surface area (TPSA) is 72.5 Å². The lowest BCUT2D eigenvalue weighted by atomic mass is 10.3. The van der Waals surface area contributed by atoms with Crippen molar-refractivity contribution in [2.45, 2.75) is 24.7 Å². The molecule has 0 spiro atoms. The van der Waals surface area contributed by atoms with Gasteiger partial charge in [-0.2, -0.15) is 0 Å².